The summed E-state index contributed by atoms with van der Waals surface area (Å²) in [5.74, 6) is -1.35. The Morgan fingerprint density at radius 1 is 1.04 bits per heavy atom. The van der Waals surface area contributed by atoms with Crippen molar-refractivity contribution in [3.8, 4) is 0 Å². The zero-order valence-corrected chi connectivity index (χ0v) is 15.7. The van der Waals surface area contributed by atoms with Crippen LogP contribution in [0.4, 0.5) is 5.69 Å². The molecule has 1 heterocycles. The number of rotatable bonds is 4. The third kappa shape index (κ3) is 3.65. The van der Waals surface area contributed by atoms with Crippen LogP contribution in [0.1, 0.15) is 16.1 Å². The van der Waals surface area contributed by atoms with Crippen molar-refractivity contribution in [2.75, 3.05) is 11.9 Å². The van der Waals surface area contributed by atoms with E-state index in [0.717, 1.165) is 0 Å². The van der Waals surface area contributed by atoms with Crippen molar-refractivity contribution in [2.24, 2.45) is 0 Å². The van der Waals surface area contributed by atoms with E-state index in [9.17, 15) is 9.59 Å². The van der Waals surface area contributed by atoms with E-state index >= 15 is 0 Å². The van der Waals surface area contributed by atoms with Gasteiger partial charge in [-0.3, -0.25) is 4.79 Å². The van der Waals surface area contributed by atoms with Gasteiger partial charge in [0.15, 0.2) is 12.2 Å². The number of benzene rings is 2. The van der Waals surface area contributed by atoms with Gasteiger partial charge in [0, 0.05) is 10.9 Å². The molecule has 0 saturated heterocycles. The Kier molecular flexibility index (Phi) is 5.41. The number of amides is 1. The molecule has 0 aliphatic carbocycles. The predicted octanol–water partition coefficient (Wildman–Crippen LogP) is 5.50. The molecule has 3 aromatic rings. The van der Waals surface area contributed by atoms with E-state index in [1.165, 1.54) is 0 Å². The number of ether oxygens (including phenoxy) is 1. The zero-order valence-electron chi connectivity index (χ0n) is 13.4. The highest BCUT2D eigenvalue weighted by Gasteiger charge is 2.21. The second-order valence-corrected chi connectivity index (χ2v) is 6.62. The molecule has 0 bridgehead atoms. The number of carbonyl (C=O) groups excluding carboxylic acids is 2. The molecule has 26 heavy (non-hydrogen) atoms. The first-order chi connectivity index (χ1) is 12.4. The molecular weight excluding hydrogens is 401 g/mol. The van der Waals surface area contributed by atoms with Crippen molar-refractivity contribution >= 4 is 63.3 Å². The molecule has 0 fully saturated rings. The monoisotopic (exact) mass is 411 g/mol. The molecule has 0 spiro atoms. The van der Waals surface area contributed by atoms with Crippen molar-refractivity contribution in [2.45, 2.75) is 6.92 Å². The average Bonchev–Trinajstić information content (AvgIpc) is 2.95. The quantitative estimate of drug-likeness (QED) is 0.575. The minimum atomic E-state index is -0.768. The maximum Gasteiger partial charge on any atom is 0.375 e. The first kappa shape index (κ1) is 18.6. The normalized spacial score (nSPS) is 10.8. The Labute approximate surface area is 163 Å². The molecule has 2 aromatic carbocycles. The topological polar surface area (TPSA) is 68.5 Å². The molecule has 1 N–H and O–H groups in total. The lowest BCUT2D eigenvalue weighted by Crippen LogP contribution is -2.21. The number of halogens is 3. The lowest BCUT2D eigenvalue weighted by Gasteiger charge is -2.09. The summed E-state index contributed by atoms with van der Waals surface area (Å²) < 4.78 is 10.5. The van der Waals surface area contributed by atoms with Crippen molar-refractivity contribution < 1.29 is 18.7 Å². The highest BCUT2D eigenvalue weighted by atomic mass is 35.5. The average molecular weight is 413 g/mol. The highest BCUT2D eigenvalue weighted by molar-refractivity contribution is 6.39. The van der Waals surface area contributed by atoms with E-state index in [1.807, 2.05) is 0 Å². The number of furan rings is 1. The standard InChI is InChI=1S/C18H12Cl3NO4/c1-9-10-4-2-7-13(21)17(10)26-16(9)18(24)25-8-14(23)22-15-11(19)5-3-6-12(15)20/h2-7H,8H2,1H3,(H,22,23). The maximum atomic E-state index is 12.2. The zero-order chi connectivity index (χ0) is 18.8. The van der Waals surface area contributed by atoms with Gasteiger partial charge in [-0.1, -0.05) is 53.0 Å². The molecule has 3 rings (SSSR count). The molecule has 0 aliphatic rings. The van der Waals surface area contributed by atoms with Crippen LogP contribution in [0.2, 0.25) is 15.1 Å². The van der Waals surface area contributed by atoms with Crippen LogP contribution in [0.5, 0.6) is 0 Å². The van der Waals surface area contributed by atoms with E-state index in [0.29, 0.717) is 21.6 Å². The first-order valence-electron chi connectivity index (χ1n) is 7.47. The van der Waals surface area contributed by atoms with Crippen LogP contribution >= 0.6 is 34.8 Å². The number of nitrogens with one attached hydrogen (secondary N) is 1. The molecule has 0 aliphatic heterocycles. The number of para-hydroxylation sites is 2. The van der Waals surface area contributed by atoms with E-state index < -0.39 is 18.5 Å². The summed E-state index contributed by atoms with van der Waals surface area (Å²) >= 11 is 18.0. The largest absolute Gasteiger partial charge is 0.450 e. The van der Waals surface area contributed by atoms with Crippen LogP contribution in [0, 0.1) is 6.92 Å². The second-order valence-electron chi connectivity index (χ2n) is 5.39. The summed E-state index contributed by atoms with van der Waals surface area (Å²) in [6.45, 7) is 1.19. The van der Waals surface area contributed by atoms with Crippen LogP contribution in [0.3, 0.4) is 0 Å². The van der Waals surface area contributed by atoms with E-state index in [1.54, 1.807) is 43.3 Å². The Balaban J connectivity index is 1.70. The molecular formula is C18H12Cl3NO4. The van der Waals surface area contributed by atoms with Crippen molar-refractivity contribution in [3.63, 3.8) is 0 Å². The Bertz CT molecular complexity index is 993. The third-order valence-corrected chi connectivity index (χ3v) is 4.59. The smallest absolute Gasteiger partial charge is 0.375 e. The molecule has 0 saturated carbocycles. The highest BCUT2D eigenvalue weighted by Crippen LogP contribution is 2.31. The van der Waals surface area contributed by atoms with Gasteiger partial charge in [0.1, 0.15) is 0 Å². The third-order valence-electron chi connectivity index (χ3n) is 3.66. The van der Waals surface area contributed by atoms with Crippen LogP contribution in [0.15, 0.2) is 40.8 Å². The molecule has 134 valence electrons. The van der Waals surface area contributed by atoms with Crippen LogP contribution < -0.4 is 5.32 Å². The van der Waals surface area contributed by atoms with Gasteiger partial charge in [0.2, 0.25) is 5.76 Å². The number of hydrogen-bond donors (Lipinski definition) is 1. The van der Waals surface area contributed by atoms with Crippen LogP contribution in [-0.4, -0.2) is 18.5 Å². The first-order valence-corrected chi connectivity index (χ1v) is 8.60. The summed E-state index contributed by atoms with van der Waals surface area (Å²) in [6, 6.07) is 10.00. The number of carbonyl (C=O) groups is 2. The van der Waals surface area contributed by atoms with Gasteiger partial charge in [-0.05, 0) is 25.1 Å². The van der Waals surface area contributed by atoms with Gasteiger partial charge in [-0.2, -0.15) is 0 Å². The minimum absolute atomic E-state index is 0.00308. The van der Waals surface area contributed by atoms with Gasteiger partial charge >= 0.3 is 5.97 Å². The molecule has 0 atom stereocenters. The fourth-order valence-electron chi connectivity index (χ4n) is 2.39. The van der Waals surface area contributed by atoms with Gasteiger partial charge in [0.05, 0.1) is 20.8 Å². The van der Waals surface area contributed by atoms with Crippen LogP contribution in [-0.2, 0) is 9.53 Å². The van der Waals surface area contributed by atoms with Gasteiger partial charge in [-0.25, -0.2) is 4.79 Å². The van der Waals surface area contributed by atoms with E-state index in [-0.39, 0.29) is 21.5 Å². The Morgan fingerprint density at radius 3 is 2.31 bits per heavy atom. The maximum absolute atomic E-state index is 12.2. The Hall–Kier alpha value is -2.21. The molecule has 0 radical (unpaired) electrons. The fourth-order valence-corrected chi connectivity index (χ4v) is 3.10. The van der Waals surface area contributed by atoms with Crippen molar-refractivity contribution in [3.05, 3.63) is 62.8 Å². The minimum Gasteiger partial charge on any atom is -0.450 e. The molecule has 1 aromatic heterocycles. The van der Waals surface area contributed by atoms with Crippen LogP contribution in [0.25, 0.3) is 11.0 Å². The summed E-state index contributed by atoms with van der Waals surface area (Å²) in [4.78, 5) is 24.3. The summed E-state index contributed by atoms with van der Waals surface area (Å²) in [7, 11) is 0. The molecule has 0 unspecified atom stereocenters. The van der Waals surface area contributed by atoms with E-state index in [4.69, 9.17) is 44.0 Å². The summed E-state index contributed by atoms with van der Waals surface area (Å²) in [5.41, 5.74) is 1.23. The van der Waals surface area contributed by atoms with Crippen molar-refractivity contribution in [1.82, 2.24) is 0 Å². The number of aryl methyl sites for hydroxylation is 1. The van der Waals surface area contributed by atoms with Gasteiger partial charge < -0.3 is 14.5 Å². The SMILES string of the molecule is Cc1c(C(=O)OCC(=O)Nc2c(Cl)cccc2Cl)oc2c(Cl)cccc12. The Morgan fingerprint density at radius 2 is 1.65 bits per heavy atom. The number of anilines is 1. The molecule has 8 heteroatoms. The second kappa shape index (κ2) is 7.58. The summed E-state index contributed by atoms with van der Waals surface area (Å²) in [6.07, 6.45) is 0. The number of hydrogen-bond acceptors (Lipinski definition) is 4. The lowest BCUT2D eigenvalue weighted by molar-refractivity contribution is -0.119. The van der Waals surface area contributed by atoms with Gasteiger partial charge in [-0.15, -0.1) is 0 Å². The van der Waals surface area contributed by atoms with Crippen molar-refractivity contribution in [1.29, 1.82) is 0 Å². The fraction of sp³-hybridized carbons (Fsp3) is 0.111. The number of fused-ring (bicyclic) bond motifs is 1. The molecule has 5 nitrogen and oxygen atoms in total. The molecule has 1 amide bonds. The lowest BCUT2D eigenvalue weighted by atomic mass is 10.1. The summed E-state index contributed by atoms with van der Waals surface area (Å²) in [5, 5.41) is 4.15. The number of esters is 1. The van der Waals surface area contributed by atoms with Gasteiger partial charge in [0.25, 0.3) is 5.91 Å². The van der Waals surface area contributed by atoms with E-state index in [2.05, 4.69) is 5.32 Å². The predicted molar refractivity (Wildman–Crippen MR) is 101 cm³/mol.